The lowest BCUT2D eigenvalue weighted by Gasteiger charge is -2.03. The summed E-state index contributed by atoms with van der Waals surface area (Å²) in [5.41, 5.74) is 0. The van der Waals surface area contributed by atoms with Gasteiger partial charge < -0.3 is 0 Å². The lowest BCUT2D eigenvalue weighted by Crippen LogP contribution is -2.05. The molecule has 0 saturated carbocycles. The lowest BCUT2D eigenvalue weighted by atomic mass is 10.3. The summed E-state index contributed by atoms with van der Waals surface area (Å²) in [4.78, 5) is 0. The van der Waals surface area contributed by atoms with Gasteiger partial charge in [0.25, 0.3) is 0 Å². The van der Waals surface area contributed by atoms with Gasteiger partial charge in [0, 0.05) is 10.7 Å². The molecule has 0 rings (SSSR count). The topological polar surface area (TPSA) is 35.5 Å². The summed E-state index contributed by atoms with van der Waals surface area (Å²) >= 11 is 5.16. The smallest absolute Gasteiger partial charge is 0.268 e. The summed E-state index contributed by atoms with van der Waals surface area (Å²) in [5, 5.41) is 2.03. The molecule has 6 heteroatoms. The molecule has 3 nitrogen and oxygen atoms in total. The van der Waals surface area contributed by atoms with E-state index in [4.69, 9.17) is 8.37 Å². The van der Waals surface area contributed by atoms with Crippen molar-refractivity contribution in [3.05, 3.63) is 0 Å². The van der Waals surface area contributed by atoms with Crippen LogP contribution >= 0.6 is 31.9 Å². The van der Waals surface area contributed by atoms with Crippen LogP contribution in [0.4, 0.5) is 0 Å². The minimum Gasteiger partial charge on any atom is -0.268 e. The van der Waals surface area contributed by atoms with Gasteiger partial charge in [-0.1, -0.05) is 44.7 Å². The SMILES string of the molecule is O=S(OCCCCCBr)OCCCCCBr. The third-order valence-corrected chi connectivity index (χ3v) is 3.75. The summed E-state index contributed by atoms with van der Waals surface area (Å²) in [6.07, 6.45) is 6.31. The van der Waals surface area contributed by atoms with E-state index in [0.29, 0.717) is 13.2 Å². The second-order valence-electron chi connectivity index (χ2n) is 3.35. The summed E-state index contributed by atoms with van der Waals surface area (Å²) < 4.78 is 21.2. The first kappa shape index (κ1) is 17.0. The molecule has 98 valence electrons. The molecule has 0 saturated heterocycles. The van der Waals surface area contributed by atoms with Crippen molar-refractivity contribution in [2.24, 2.45) is 0 Å². The van der Waals surface area contributed by atoms with E-state index >= 15 is 0 Å². The monoisotopic (exact) mass is 378 g/mol. The third kappa shape index (κ3) is 13.1. The second kappa shape index (κ2) is 14.1. The molecule has 0 radical (unpaired) electrons. The van der Waals surface area contributed by atoms with Gasteiger partial charge in [-0.2, -0.15) is 4.21 Å². The summed E-state index contributed by atoms with van der Waals surface area (Å²) in [5.74, 6) is 0. The average molecular weight is 380 g/mol. The largest absolute Gasteiger partial charge is 0.304 e. The van der Waals surface area contributed by atoms with E-state index in [2.05, 4.69) is 31.9 Å². The van der Waals surface area contributed by atoms with Crippen LogP contribution in [0.5, 0.6) is 0 Å². The van der Waals surface area contributed by atoms with Crippen molar-refractivity contribution in [2.75, 3.05) is 23.9 Å². The normalized spacial score (nSPS) is 11.2. The van der Waals surface area contributed by atoms with Gasteiger partial charge in [-0.3, -0.25) is 8.37 Å². The summed E-state index contributed by atoms with van der Waals surface area (Å²) in [7, 11) is 0. The van der Waals surface area contributed by atoms with Crippen LogP contribution in [0.1, 0.15) is 38.5 Å². The molecule has 0 atom stereocenters. The van der Waals surface area contributed by atoms with Gasteiger partial charge in [0.05, 0.1) is 13.2 Å². The van der Waals surface area contributed by atoms with Gasteiger partial charge in [0.1, 0.15) is 0 Å². The number of hydrogen-bond acceptors (Lipinski definition) is 3. The van der Waals surface area contributed by atoms with Gasteiger partial charge in [-0.05, 0) is 25.7 Å². The van der Waals surface area contributed by atoms with Crippen molar-refractivity contribution in [2.45, 2.75) is 38.5 Å². The van der Waals surface area contributed by atoms with Crippen molar-refractivity contribution < 1.29 is 12.6 Å². The van der Waals surface area contributed by atoms with Crippen molar-refractivity contribution in [1.82, 2.24) is 0 Å². The Labute approximate surface area is 118 Å². The predicted molar refractivity (Wildman–Crippen MR) is 75.3 cm³/mol. The van der Waals surface area contributed by atoms with E-state index in [0.717, 1.165) is 49.2 Å². The highest BCUT2D eigenvalue weighted by molar-refractivity contribution is 9.09. The highest BCUT2D eigenvalue weighted by Crippen LogP contribution is 2.02. The van der Waals surface area contributed by atoms with Crippen molar-refractivity contribution in [3.63, 3.8) is 0 Å². The Morgan fingerprint density at radius 2 is 1.19 bits per heavy atom. The van der Waals surface area contributed by atoms with Crippen LogP contribution in [0, 0.1) is 0 Å². The predicted octanol–water partition coefficient (Wildman–Crippen LogP) is 3.73. The molecule has 0 amide bonds. The van der Waals surface area contributed by atoms with E-state index in [1.807, 2.05) is 0 Å². The molecule has 0 aliphatic carbocycles. The van der Waals surface area contributed by atoms with Crippen LogP contribution in [0.15, 0.2) is 0 Å². The minimum atomic E-state index is -1.55. The van der Waals surface area contributed by atoms with E-state index in [9.17, 15) is 4.21 Å². The fourth-order valence-corrected chi connectivity index (χ4v) is 2.40. The molecule has 0 aliphatic heterocycles. The highest BCUT2D eigenvalue weighted by atomic mass is 79.9. The number of halogens is 2. The standard InChI is InChI=1S/C10H20Br2O3S/c11-7-3-1-5-9-14-16(13)15-10-6-2-4-8-12/h1-10H2. The second-order valence-corrected chi connectivity index (χ2v) is 5.81. The van der Waals surface area contributed by atoms with E-state index in [-0.39, 0.29) is 0 Å². The minimum absolute atomic E-state index is 0.515. The van der Waals surface area contributed by atoms with Gasteiger partial charge in [0.2, 0.25) is 0 Å². The Balaban J connectivity index is 3.12. The quantitative estimate of drug-likeness (QED) is 0.382. The van der Waals surface area contributed by atoms with Crippen LogP contribution in [-0.2, 0) is 19.7 Å². The Bertz CT molecular complexity index is 154. The zero-order chi connectivity index (χ0) is 12.1. The summed E-state index contributed by atoms with van der Waals surface area (Å²) in [6.45, 7) is 1.03. The molecule has 0 N–H and O–H groups in total. The molecule has 0 aromatic carbocycles. The van der Waals surface area contributed by atoms with Gasteiger partial charge in [-0.15, -0.1) is 0 Å². The molecular formula is C10H20Br2O3S. The first-order valence-corrected chi connectivity index (χ1v) is 8.85. The highest BCUT2D eigenvalue weighted by Gasteiger charge is 2.00. The number of rotatable bonds is 12. The van der Waals surface area contributed by atoms with Gasteiger partial charge in [-0.25, -0.2) is 0 Å². The van der Waals surface area contributed by atoms with Crippen LogP contribution in [0.3, 0.4) is 0 Å². The first-order chi connectivity index (χ1) is 7.81. The van der Waals surface area contributed by atoms with Crippen LogP contribution in [0.2, 0.25) is 0 Å². The third-order valence-electron chi connectivity index (χ3n) is 1.92. The first-order valence-electron chi connectivity index (χ1n) is 5.61. The molecule has 16 heavy (non-hydrogen) atoms. The average Bonchev–Trinajstić information content (AvgIpc) is 2.28. The fraction of sp³-hybridized carbons (Fsp3) is 1.00. The Kier molecular flexibility index (Phi) is 15.0. The van der Waals surface area contributed by atoms with Crippen molar-refractivity contribution in [3.8, 4) is 0 Å². The Hall–Kier alpha value is 1.03. The van der Waals surface area contributed by atoms with Gasteiger partial charge >= 0.3 is 11.4 Å². The van der Waals surface area contributed by atoms with Crippen LogP contribution < -0.4 is 0 Å². The molecule has 0 aromatic rings. The van der Waals surface area contributed by atoms with Crippen LogP contribution in [0.25, 0.3) is 0 Å². The maximum absolute atomic E-state index is 11.2. The Morgan fingerprint density at radius 1 is 0.750 bits per heavy atom. The van der Waals surface area contributed by atoms with E-state index < -0.39 is 11.4 Å². The maximum Gasteiger partial charge on any atom is 0.304 e. The Morgan fingerprint density at radius 3 is 1.56 bits per heavy atom. The van der Waals surface area contributed by atoms with Gasteiger partial charge in [0.15, 0.2) is 0 Å². The fourth-order valence-electron chi connectivity index (χ4n) is 1.03. The number of alkyl halides is 2. The molecule has 0 heterocycles. The zero-order valence-electron chi connectivity index (χ0n) is 9.46. The number of unbranched alkanes of at least 4 members (excludes halogenated alkanes) is 4. The molecular weight excluding hydrogens is 360 g/mol. The maximum atomic E-state index is 11.2. The zero-order valence-corrected chi connectivity index (χ0v) is 13.4. The lowest BCUT2D eigenvalue weighted by molar-refractivity contribution is 0.242. The number of hydrogen-bond donors (Lipinski definition) is 0. The summed E-state index contributed by atoms with van der Waals surface area (Å²) in [6, 6.07) is 0. The van der Waals surface area contributed by atoms with E-state index in [1.165, 1.54) is 0 Å². The van der Waals surface area contributed by atoms with E-state index in [1.54, 1.807) is 0 Å². The molecule has 0 aliphatic rings. The molecule has 0 spiro atoms. The van der Waals surface area contributed by atoms with Crippen LogP contribution in [-0.4, -0.2) is 28.1 Å². The molecule has 0 unspecified atom stereocenters. The van der Waals surface area contributed by atoms with Crippen molar-refractivity contribution in [1.29, 1.82) is 0 Å². The van der Waals surface area contributed by atoms with Crippen molar-refractivity contribution >= 4 is 43.2 Å². The molecule has 0 bridgehead atoms. The molecule has 0 aromatic heterocycles. The molecule has 0 fully saturated rings.